The quantitative estimate of drug-likeness (QED) is 0.802. The van der Waals surface area contributed by atoms with Crippen molar-refractivity contribution < 1.29 is 13.7 Å². The Bertz CT molecular complexity index is 541. The Labute approximate surface area is 141 Å². The fraction of sp³-hybridized carbons (Fsp3) is 0.588. The van der Waals surface area contributed by atoms with E-state index in [1.807, 2.05) is 58.9 Å². The van der Waals surface area contributed by atoms with E-state index in [1.54, 1.807) is 0 Å². The van der Waals surface area contributed by atoms with Gasteiger partial charge in [0.1, 0.15) is 5.75 Å². The van der Waals surface area contributed by atoms with Gasteiger partial charge in [0.05, 0.1) is 12.6 Å². The van der Waals surface area contributed by atoms with Crippen LogP contribution in [0.4, 0.5) is 4.79 Å². The van der Waals surface area contributed by atoms with Crippen molar-refractivity contribution in [3.05, 3.63) is 29.8 Å². The highest BCUT2D eigenvalue weighted by atomic mass is 32.2. The molecule has 0 fully saturated rings. The number of urea groups is 1. The molecule has 130 valence electrons. The first kappa shape index (κ1) is 19.5. The first-order valence-corrected chi connectivity index (χ1v) is 9.21. The van der Waals surface area contributed by atoms with Crippen LogP contribution in [0.25, 0.3) is 0 Å². The van der Waals surface area contributed by atoms with Gasteiger partial charge in [-0.3, -0.25) is 4.21 Å². The maximum Gasteiger partial charge on any atom is 0.315 e. The third-order valence-corrected chi connectivity index (χ3v) is 5.21. The molecule has 0 saturated heterocycles. The molecule has 0 radical (unpaired) electrons. The first-order valence-electron chi connectivity index (χ1n) is 7.89. The van der Waals surface area contributed by atoms with Crippen LogP contribution in [-0.2, 0) is 10.8 Å². The molecule has 0 unspecified atom stereocenters. The number of rotatable bonds is 7. The third-order valence-electron chi connectivity index (χ3n) is 3.27. The fourth-order valence-electron chi connectivity index (χ4n) is 1.93. The first-order chi connectivity index (χ1) is 10.7. The van der Waals surface area contributed by atoms with Crippen molar-refractivity contribution in [2.45, 2.75) is 45.4 Å². The van der Waals surface area contributed by atoms with Gasteiger partial charge in [0.15, 0.2) is 0 Å². The molecule has 0 heterocycles. The Kier molecular flexibility index (Phi) is 7.55. The average molecular weight is 340 g/mol. The molecule has 6 heteroatoms. The van der Waals surface area contributed by atoms with E-state index in [4.69, 9.17) is 4.74 Å². The lowest BCUT2D eigenvalue weighted by molar-refractivity contribution is 0.238. The van der Waals surface area contributed by atoms with Crippen LogP contribution < -0.4 is 15.4 Å². The summed E-state index contributed by atoms with van der Waals surface area (Å²) in [6.07, 6.45) is 0. The van der Waals surface area contributed by atoms with Crippen LogP contribution in [0.15, 0.2) is 24.3 Å². The van der Waals surface area contributed by atoms with Crippen LogP contribution >= 0.6 is 0 Å². The summed E-state index contributed by atoms with van der Waals surface area (Å²) < 4.78 is 17.1. The topological polar surface area (TPSA) is 67.4 Å². The highest BCUT2D eigenvalue weighted by Gasteiger charge is 2.19. The van der Waals surface area contributed by atoms with Crippen molar-refractivity contribution in [1.29, 1.82) is 0 Å². The van der Waals surface area contributed by atoms with E-state index < -0.39 is 10.8 Å². The van der Waals surface area contributed by atoms with Crippen molar-refractivity contribution in [2.24, 2.45) is 0 Å². The zero-order valence-corrected chi connectivity index (χ0v) is 15.5. The molecular formula is C17H28N2O3S. The number of ether oxygens (including phenoxy) is 1. The maximum atomic E-state index is 11.9. The predicted octanol–water partition coefficient (Wildman–Crippen LogP) is 2.99. The largest absolute Gasteiger partial charge is 0.494 e. The van der Waals surface area contributed by atoms with Gasteiger partial charge in [0, 0.05) is 27.8 Å². The molecule has 0 aromatic heterocycles. The van der Waals surface area contributed by atoms with E-state index in [9.17, 15) is 9.00 Å². The number of hydrogen-bond acceptors (Lipinski definition) is 3. The zero-order chi connectivity index (χ0) is 17.5. The van der Waals surface area contributed by atoms with Crippen molar-refractivity contribution in [3.63, 3.8) is 0 Å². The van der Waals surface area contributed by atoms with Crippen molar-refractivity contribution in [2.75, 3.05) is 18.9 Å². The number of carbonyl (C=O) groups excluding carboxylic acids is 1. The highest BCUT2D eigenvalue weighted by molar-refractivity contribution is 7.86. The summed E-state index contributed by atoms with van der Waals surface area (Å²) in [6.45, 7) is 10.6. The molecule has 0 spiro atoms. The summed E-state index contributed by atoms with van der Waals surface area (Å²) in [5.41, 5.74) is 0.976. The van der Waals surface area contributed by atoms with Crippen LogP contribution in [-0.4, -0.2) is 33.9 Å². The van der Waals surface area contributed by atoms with E-state index >= 15 is 0 Å². The third kappa shape index (κ3) is 7.03. The second-order valence-corrected chi connectivity index (χ2v) is 8.61. The summed E-state index contributed by atoms with van der Waals surface area (Å²) in [5, 5.41) is 5.63. The van der Waals surface area contributed by atoms with Crippen LogP contribution in [0.3, 0.4) is 0 Å². The molecule has 0 aliphatic rings. The Morgan fingerprint density at radius 1 is 1.35 bits per heavy atom. The van der Waals surface area contributed by atoms with Crippen molar-refractivity contribution >= 4 is 16.8 Å². The summed E-state index contributed by atoms with van der Waals surface area (Å²) in [6, 6.07) is 7.27. The lowest BCUT2D eigenvalue weighted by atomic mass is 10.1. The molecular weight excluding hydrogens is 312 g/mol. The summed E-state index contributed by atoms with van der Waals surface area (Å²) >= 11 is 0. The Balaban J connectivity index is 2.45. The molecule has 0 aliphatic heterocycles. The molecule has 0 bridgehead atoms. The van der Waals surface area contributed by atoms with Gasteiger partial charge in [0.2, 0.25) is 0 Å². The Morgan fingerprint density at radius 2 is 2.04 bits per heavy atom. The lowest BCUT2D eigenvalue weighted by Gasteiger charge is -2.19. The SMILES string of the molecule is CCOc1cccc([C@@H](C)NC(=O)NCC[S@@](=O)C(C)(C)C)c1. The molecule has 2 N–H and O–H groups in total. The number of nitrogens with one attached hydrogen (secondary N) is 2. The predicted molar refractivity (Wildman–Crippen MR) is 95.3 cm³/mol. The van der Waals surface area contributed by atoms with Gasteiger partial charge in [-0.15, -0.1) is 0 Å². The highest BCUT2D eigenvalue weighted by Crippen LogP contribution is 2.19. The van der Waals surface area contributed by atoms with Gasteiger partial charge in [-0.2, -0.15) is 0 Å². The van der Waals surface area contributed by atoms with Gasteiger partial charge in [-0.05, 0) is 52.3 Å². The Hall–Kier alpha value is -1.56. The van der Waals surface area contributed by atoms with Gasteiger partial charge in [-0.1, -0.05) is 12.1 Å². The second-order valence-electron chi connectivity index (χ2n) is 6.29. The van der Waals surface area contributed by atoms with Crippen molar-refractivity contribution in [1.82, 2.24) is 10.6 Å². The molecule has 1 aromatic rings. The van der Waals surface area contributed by atoms with Crippen LogP contribution in [0.5, 0.6) is 5.75 Å². The number of carbonyl (C=O) groups is 1. The van der Waals surface area contributed by atoms with Crippen LogP contribution in [0, 0.1) is 0 Å². The van der Waals surface area contributed by atoms with Gasteiger partial charge in [0.25, 0.3) is 0 Å². The fourth-order valence-corrected chi connectivity index (χ4v) is 2.83. The molecule has 1 rings (SSSR count). The number of benzene rings is 1. The number of hydrogen-bond donors (Lipinski definition) is 2. The number of amides is 2. The molecule has 2 amide bonds. The van der Waals surface area contributed by atoms with Gasteiger partial charge in [-0.25, -0.2) is 4.79 Å². The smallest absolute Gasteiger partial charge is 0.315 e. The summed E-state index contributed by atoms with van der Waals surface area (Å²) in [4.78, 5) is 11.9. The minimum Gasteiger partial charge on any atom is -0.494 e. The molecule has 1 aromatic carbocycles. The van der Waals surface area contributed by atoms with E-state index in [-0.39, 0.29) is 16.8 Å². The lowest BCUT2D eigenvalue weighted by Crippen LogP contribution is -2.40. The normalized spacial score (nSPS) is 14.0. The van der Waals surface area contributed by atoms with Crippen molar-refractivity contribution in [3.8, 4) is 5.75 Å². The molecule has 2 atom stereocenters. The standard InChI is InChI=1S/C17H28N2O3S/c1-6-22-15-9-7-8-14(12-15)13(2)19-16(20)18-10-11-23(21)17(3,4)5/h7-9,12-13H,6,10-11H2,1-5H3,(H2,18,19,20)/t13-,23-/m1/s1. The maximum absolute atomic E-state index is 11.9. The summed E-state index contributed by atoms with van der Waals surface area (Å²) in [5.74, 6) is 1.24. The van der Waals surface area contributed by atoms with E-state index in [1.165, 1.54) is 0 Å². The average Bonchev–Trinajstić information content (AvgIpc) is 2.46. The molecule has 5 nitrogen and oxygen atoms in total. The van der Waals surface area contributed by atoms with E-state index in [0.29, 0.717) is 18.9 Å². The zero-order valence-electron chi connectivity index (χ0n) is 14.6. The molecule has 0 saturated carbocycles. The molecule has 0 aliphatic carbocycles. The minimum absolute atomic E-state index is 0.136. The van der Waals surface area contributed by atoms with Crippen LogP contribution in [0.2, 0.25) is 0 Å². The molecule has 23 heavy (non-hydrogen) atoms. The summed E-state index contributed by atoms with van der Waals surface area (Å²) in [7, 11) is -0.967. The van der Waals surface area contributed by atoms with Crippen LogP contribution in [0.1, 0.15) is 46.2 Å². The van der Waals surface area contributed by atoms with Gasteiger partial charge < -0.3 is 15.4 Å². The van der Waals surface area contributed by atoms with E-state index in [2.05, 4.69) is 10.6 Å². The second kappa shape index (κ2) is 8.91. The Morgan fingerprint density at radius 3 is 2.65 bits per heavy atom. The van der Waals surface area contributed by atoms with Gasteiger partial charge >= 0.3 is 6.03 Å². The minimum atomic E-state index is -0.967. The van der Waals surface area contributed by atoms with E-state index in [0.717, 1.165) is 11.3 Å². The monoisotopic (exact) mass is 340 g/mol.